The predicted octanol–water partition coefficient (Wildman–Crippen LogP) is 1.48. The van der Waals surface area contributed by atoms with E-state index in [0.29, 0.717) is 18.8 Å². The smallest absolute Gasteiger partial charge is 0.337 e. The van der Waals surface area contributed by atoms with Gasteiger partial charge in [-0.25, -0.2) is 14.2 Å². The number of ether oxygens (including phenoxy) is 1. The van der Waals surface area contributed by atoms with Crippen molar-refractivity contribution < 1.29 is 27.4 Å². The minimum atomic E-state index is -4.21. The second kappa shape index (κ2) is 5.78. The molecule has 2 aromatic rings. The van der Waals surface area contributed by atoms with E-state index in [0.717, 1.165) is 18.6 Å². The maximum Gasteiger partial charge on any atom is 0.337 e. The zero-order chi connectivity index (χ0) is 17.5. The Morgan fingerprint density at radius 2 is 2.21 bits per heavy atom. The number of methoxy groups -OCH3 is 1. The molecule has 24 heavy (non-hydrogen) atoms. The van der Waals surface area contributed by atoms with Crippen LogP contribution in [0.1, 0.15) is 22.6 Å². The molecule has 1 aliphatic rings. The van der Waals surface area contributed by atoms with Crippen LogP contribution in [0.25, 0.3) is 0 Å². The fraction of sp³-hybridized carbons (Fsp3) is 0.286. The molecule has 2 heterocycles. The van der Waals surface area contributed by atoms with Gasteiger partial charge in [0.05, 0.1) is 18.9 Å². The van der Waals surface area contributed by atoms with E-state index in [4.69, 9.17) is 4.74 Å². The summed E-state index contributed by atoms with van der Waals surface area (Å²) in [5, 5.41) is 9.05. The molecule has 0 saturated heterocycles. The minimum Gasteiger partial charge on any atom is -0.494 e. The number of carbonyl (C=O) groups is 1. The zero-order valence-electron chi connectivity index (χ0n) is 12.6. The van der Waals surface area contributed by atoms with Gasteiger partial charge in [0.15, 0.2) is 16.6 Å². The fourth-order valence-electron chi connectivity index (χ4n) is 2.62. The second-order valence-electron chi connectivity index (χ2n) is 5.18. The number of aromatic carboxylic acids is 1. The van der Waals surface area contributed by atoms with Crippen molar-refractivity contribution in [1.82, 2.24) is 9.55 Å². The number of carboxylic acid groups (broad SMARTS) is 1. The van der Waals surface area contributed by atoms with Gasteiger partial charge in [0.25, 0.3) is 10.0 Å². The molecular weight excluding hydrogens is 341 g/mol. The van der Waals surface area contributed by atoms with Gasteiger partial charge in [-0.1, -0.05) is 0 Å². The number of benzene rings is 1. The fourth-order valence-corrected chi connectivity index (χ4v) is 3.88. The van der Waals surface area contributed by atoms with Gasteiger partial charge in [-0.05, 0) is 18.6 Å². The van der Waals surface area contributed by atoms with Gasteiger partial charge in [-0.15, -0.1) is 0 Å². The molecule has 0 amide bonds. The Labute approximate surface area is 136 Å². The number of aromatic nitrogens is 2. The van der Waals surface area contributed by atoms with Crippen molar-refractivity contribution >= 4 is 21.7 Å². The third kappa shape index (κ3) is 2.58. The standard InChI is InChI=1S/C14H14FN3O5S/c1-23-9-5-4-8(14(19)20)13(12(9)15)17-24(21,22)11-7-16-10-3-2-6-18(10)11/h4-5,7,17H,2-3,6H2,1H3,(H,19,20). The average Bonchev–Trinajstić information content (AvgIpc) is 3.11. The number of hydrogen-bond donors (Lipinski definition) is 2. The quantitative estimate of drug-likeness (QED) is 0.840. The van der Waals surface area contributed by atoms with Crippen LogP contribution in [0.15, 0.2) is 23.4 Å². The Morgan fingerprint density at radius 3 is 2.88 bits per heavy atom. The third-order valence-electron chi connectivity index (χ3n) is 3.75. The molecule has 1 aliphatic heterocycles. The van der Waals surface area contributed by atoms with Crippen LogP contribution >= 0.6 is 0 Å². The maximum absolute atomic E-state index is 14.4. The molecule has 1 aromatic heterocycles. The Bertz CT molecular complexity index is 923. The van der Waals surface area contributed by atoms with Crippen molar-refractivity contribution in [3.05, 3.63) is 35.5 Å². The second-order valence-corrected chi connectivity index (χ2v) is 6.81. The zero-order valence-corrected chi connectivity index (χ0v) is 13.4. The first-order valence-corrected chi connectivity index (χ1v) is 8.50. The molecule has 0 radical (unpaired) electrons. The van der Waals surface area contributed by atoms with Gasteiger partial charge >= 0.3 is 5.97 Å². The average molecular weight is 355 g/mol. The minimum absolute atomic E-state index is 0.131. The largest absolute Gasteiger partial charge is 0.494 e. The normalized spacial score (nSPS) is 13.6. The number of nitrogens with one attached hydrogen (secondary N) is 1. The summed E-state index contributed by atoms with van der Waals surface area (Å²) in [5.41, 5.74) is -1.19. The van der Waals surface area contributed by atoms with E-state index < -0.39 is 33.1 Å². The van der Waals surface area contributed by atoms with E-state index in [1.54, 1.807) is 0 Å². The molecule has 0 spiro atoms. The van der Waals surface area contributed by atoms with Crippen molar-refractivity contribution in [2.75, 3.05) is 11.8 Å². The first-order chi connectivity index (χ1) is 11.3. The number of fused-ring (bicyclic) bond motifs is 1. The lowest BCUT2D eigenvalue weighted by atomic mass is 10.1. The molecule has 0 fully saturated rings. The van der Waals surface area contributed by atoms with E-state index in [9.17, 15) is 22.7 Å². The summed E-state index contributed by atoms with van der Waals surface area (Å²) >= 11 is 0. The highest BCUT2D eigenvalue weighted by atomic mass is 32.2. The number of rotatable bonds is 5. The van der Waals surface area contributed by atoms with Crippen molar-refractivity contribution in [1.29, 1.82) is 0 Å². The van der Waals surface area contributed by atoms with E-state index in [1.165, 1.54) is 17.9 Å². The molecule has 0 bridgehead atoms. The Kier molecular flexibility index (Phi) is 3.91. The van der Waals surface area contributed by atoms with E-state index in [2.05, 4.69) is 4.98 Å². The summed E-state index contributed by atoms with van der Waals surface area (Å²) in [6, 6.07) is 2.19. The number of anilines is 1. The molecule has 8 nitrogen and oxygen atoms in total. The predicted molar refractivity (Wildman–Crippen MR) is 81.3 cm³/mol. The van der Waals surface area contributed by atoms with Crippen molar-refractivity contribution in [3.63, 3.8) is 0 Å². The molecular formula is C14H14FN3O5S. The van der Waals surface area contributed by atoms with E-state index in [1.807, 2.05) is 4.72 Å². The highest BCUT2D eigenvalue weighted by molar-refractivity contribution is 7.92. The Morgan fingerprint density at radius 1 is 1.46 bits per heavy atom. The lowest BCUT2D eigenvalue weighted by molar-refractivity contribution is 0.0697. The van der Waals surface area contributed by atoms with Gasteiger partial charge < -0.3 is 14.4 Å². The van der Waals surface area contributed by atoms with Crippen molar-refractivity contribution in [3.8, 4) is 5.75 Å². The van der Waals surface area contributed by atoms with E-state index in [-0.39, 0.29) is 10.8 Å². The van der Waals surface area contributed by atoms with Crippen LogP contribution in [0.4, 0.5) is 10.1 Å². The molecule has 0 aliphatic carbocycles. The van der Waals surface area contributed by atoms with Crippen LogP contribution in [-0.4, -0.2) is 36.2 Å². The molecule has 10 heteroatoms. The number of hydrogen-bond acceptors (Lipinski definition) is 5. The highest BCUT2D eigenvalue weighted by Crippen LogP contribution is 2.31. The van der Waals surface area contributed by atoms with Crippen molar-refractivity contribution in [2.45, 2.75) is 24.4 Å². The van der Waals surface area contributed by atoms with Crippen LogP contribution in [-0.2, 0) is 23.0 Å². The van der Waals surface area contributed by atoms with Crippen LogP contribution in [0.3, 0.4) is 0 Å². The summed E-state index contributed by atoms with van der Waals surface area (Å²) in [7, 11) is -3.01. The van der Waals surface area contributed by atoms with Gasteiger partial charge in [0.2, 0.25) is 0 Å². The summed E-state index contributed by atoms with van der Waals surface area (Å²) in [6.07, 6.45) is 2.60. The molecule has 0 saturated carbocycles. The SMILES string of the molecule is COc1ccc(C(=O)O)c(NS(=O)(=O)c2cnc3n2CCC3)c1F. The monoisotopic (exact) mass is 355 g/mol. The number of nitrogens with zero attached hydrogens (tertiary/aromatic N) is 2. The van der Waals surface area contributed by atoms with Crippen LogP contribution in [0.5, 0.6) is 5.75 Å². The maximum atomic E-state index is 14.4. The number of imidazole rings is 1. The van der Waals surface area contributed by atoms with Gasteiger partial charge in [0.1, 0.15) is 11.5 Å². The summed E-state index contributed by atoms with van der Waals surface area (Å²) in [4.78, 5) is 15.3. The molecule has 0 unspecified atom stereocenters. The lowest BCUT2D eigenvalue weighted by Crippen LogP contribution is -2.20. The molecule has 2 N–H and O–H groups in total. The lowest BCUT2D eigenvalue weighted by Gasteiger charge is -2.14. The van der Waals surface area contributed by atoms with Crippen LogP contribution in [0, 0.1) is 5.82 Å². The molecule has 128 valence electrons. The highest BCUT2D eigenvalue weighted by Gasteiger charge is 2.28. The summed E-state index contributed by atoms with van der Waals surface area (Å²) < 4.78 is 47.9. The Balaban J connectivity index is 2.08. The number of halogens is 1. The van der Waals surface area contributed by atoms with Crippen molar-refractivity contribution in [2.24, 2.45) is 0 Å². The number of carboxylic acids is 1. The summed E-state index contributed by atoms with van der Waals surface area (Å²) in [6.45, 7) is 0.484. The number of sulfonamides is 1. The molecule has 1 aromatic carbocycles. The van der Waals surface area contributed by atoms with Crippen LogP contribution < -0.4 is 9.46 Å². The topological polar surface area (TPSA) is 111 Å². The van der Waals surface area contributed by atoms with Gasteiger partial charge in [0, 0.05) is 13.0 Å². The van der Waals surface area contributed by atoms with Crippen LogP contribution in [0.2, 0.25) is 0 Å². The molecule has 0 atom stereocenters. The third-order valence-corrected chi connectivity index (χ3v) is 5.10. The first-order valence-electron chi connectivity index (χ1n) is 7.02. The molecule has 3 rings (SSSR count). The van der Waals surface area contributed by atoms with Gasteiger partial charge in [-0.2, -0.15) is 8.42 Å². The first kappa shape index (κ1) is 16.2. The van der Waals surface area contributed by atoms with Gasteiger partial charge in [-0.3, -0.25) is 4.72 Å². The number of aryl methyl sites for hydroxylation is 1. The Hall–Kier alpha value is -2.62. The summed E-state index contributed by atoms with van der Waals surface area (Å²) in [5.74, 6) is -2.20. The van der Waals surface area contributed by atoms with E-state index >= 15 is 0 Å².